The molecule has 0 saturated heterocycles. The molecule has 3 rings (SSSR count). The lowest BCUT2D eigenvalue weighted by Crippen LogP contribution is -2.29. The minimum Gasteiger partial charge on any atom is -0.497 e. The van der Waals surface area contributed by atoms with E-state index >= 15 is 0 Å². The van der Waals surface area contributed by atoms with Gasteiger partial charge in [0.25, 0.3) is 15.9 Å². The Balaban J connectivity index is 1.82. The van der Waals surface area contributed by atoms with Crippen LogP contribution in [0, 0.1) is 6.92 Å². The first-order valence-corrected chi connectivity index (χ1v) is 11.5. The van der Waals surface area contributed by atoms with E-state index in [1.165, 1.54) is 12.1 Å². The van der Waals surface area contributed by atoms with Crippen molar-refractivity contribution in [1.82, 2.24) is 5.32 Å². The molecule has 0 aromatic heterocycles. The number of hydrogen-bond acceptors (Lipinski definition) is 4. The fourth-order valence-corrected chi connectivity index (χ4v) is 4.43. The molecule has 0 aliphatic rings. The van der Waals surface area contributed by atoms with Crippen LogP contribution in [-0.2, 0) is 10.0 Å². The topological polar surface area (TPSA) is 84.5 Å². The molecule has 3 aromatic rings. The second-order valence-corrected chi connectivity index (χ2v) is 8.79. The molecule has 31 heavy (non-hydrogen) atoms. The average Bonchev–Trinajstić information content (AvgIpc) is 2.79. The molecule has 1 atom stereocenters. The van der Waals surface area contributed by atoms with E-state index < -0.39 is 10.0 Å². The lowest BCUT2D eigenvalue weighted by atomic mass is 10.0. The van der Waals surface area contributed by atoms with Crippen LogP contribution in [-0.4, -0.2) is 21.4 Å². The number of amides is 1. The van der Waals surface area contributed by atoms with Gasteiger partial charge in [-0.2, -0.15) is 0 Å². The van der Waals surface area contributed by atoms with Crippen molar-refractivity contribution in [3.63, 3.8) is 0 Å². The molecule has 0 aliphatic heterocycles. The van der Waals surface area contributed by atoms with Crippen molar-refractivity contribution in [2.24, 2.45) is 0 Å². The summed E-state index contributed by atoms with van der Waals surface area (Å²) < 4.78 is 33.1. The number of nitrogens with one attached hydrogen (secondary N) is 2. The molecule has 0 unspecified atom stereocenters. The Morgan fingerprint density at radius 2 is 1.65 bits per heavy atom. The summed E-state index contributed by atoms with van der Waals surface area (Å²) in [6.07, 6.45) is 0.706. The quantitative estimate of drug-likeness (QED) is 0.535. The molecule has 0 saturated carbocycles. The molecule has 0 bridgehead atoms. The van der Waals surface area contributed by atoms with Crippen LogP contribution in [0.1, 0.15) is 40.9 Å². The van der Waals surface area contributed by atoms with E-state index in [-0.39, 0.29) is 16.8 Å². The van der Waals surface area contributed by atoms with Gasteiger partial charge in [0, 0.05) is 5.56 Å². The van der Waals surface area contributed by atoms with Gasteiger partial charge in [0.2, 0.25) is 0 Å². The van der Waals surface area contributed by atoms with Crippen LogP contribution in [0.4, 0.5) is 5.69 Å². The van der Waals surface area contributed by atoms with E-state index in [1.807, 2.05) is 31.2 Å². The number of sulfonamides is 1. The lowest BCUT2D eigenvalue weighted by molar-refractivity contribution is 0.0935. The Morgan fingerprint density at radius 3 is 2.26 bits per heavy atom. The summed E-state index contributed by atoms with van der Waals surface area (Å²) in [4.78, 5) is 13.2. The average molecular weight is 439 g/mol. The van der Waals surface area contributed by atoms with Gasteiger partial charge in [-0.05, 0) is 60.9 Å². The van der Waals surface area contributed by atoms with E-state index in [2.05, 4.69) is 10.0 Å². The smallest absolute Gasteiger partial charge is 0.261 e. The van der Waals surface area contributed by atoms with Crippen LogP contribution < -0.4 is 14.8 Å². The second kappa shape index (κ2) is 9.66. The number of rotatable bonds is 8. The van der Waals surface area contributed by atoms with Gasteiger partial charge < -0.3 is 10.1 Å². The fourth-order valence-electron chi connectivity index (χ4n) is 3.29. The summed E-state index contributed by atoms with van der Waals surface area (Å²) in [5, 5.41) is 3.04. The van der Waals surface area contributed by atoms with Gasteiger partial charge in [-0.25, -0.2) is 8.42 Å². The zero-order valence-corrected chi connectivity index (χ0v) is 18.6. The standard InChI is InChI=1S/C24H26N2O4S/c1-4-22(18-13-15-19(30-3)16-14-18)25-24(27)21-11-8-12-23(17(21)2)26-31(28,29)20-9-6-5-7-10-20/h5-16,22,26H,4H2,1-3H3,(H,25,27)/t22-/m1/s1. The number of carbonyl (C=O) groups is 1. The molecular formula is C24H26N2O4S. The number of ether oxygens (including phenoxy) is 1. The largest absolute Gasteiger partial charge is 0.497 e. The number of hydrogen-bond donors (Lipinski definition) is 2. The van der Waals surface area contributed by atoms with Crippen LogP contribution >= 0.6 is 0 Å². The van der Waals surface area contributed by atoms with Crippen molar-refractivity contribution >= 4 is 21.6 Å². The maximum atomic E-state index is 13.0. The first-order valence-electron chi connectivity index (χ1n) is 9.98. The molecule has 0 radical (unpaired) electrons. The molecule has 0 spiro atoms. The fraction of sp³-hybridized carbons (Fsp3) is 0.208. The predicted molar refractivity (Wildman–Crippen MR) is 122 cm³/mol. The molecule has 162 valence electrons. The first-order chi connectivity index (χ1) is 14.9. The highest BCUT2D eigenvalue weighted by Gasteiger charge is 2.20. The highest BCUT2D eigenvalue weighted by Crippen LogP contribution is 2.25. The van der Waals surface area contributed by atoms with Gasteiger partial charge in [-0.1, -0.05) is 43.3 Å². The molecule has 0 heterocycles. The minimum absolute atomic E-state index is 0.162. The van der Waals surface area contributed by atoms with Gasteiger partial charge in [-0.15, -0.1) is 0 Å². The zero-order chi connectivity index (χ0) is 22.4. The highest BCUT2D eigenvalue weighted by molar-refractivity contribution is 7.92. The molecular weight excluding hydrogens is 412 g/mol. The Morgan fingerprint density at radius 1 is 0.968 bits per heavy atom. The summed E-state index contributed by atoms with van der Waals surface area (Å²) in [5.41, 5.74) is 2.31. The van der Waals surface area contributed by atoms with Crippen LogP contribution in [0.3, 0.4) is 0 Å². The van der Waals surface area contributed by atoms with Gasteiger partial charge >= 0.3 is 0 Å². The van der Waals surface area contributed by atoms with Gasteiger partial charge in [0.05, 0.1) is 23.7 Å². The SMILES string of the molecule is CC[C@@H](NC(=O)c1cccc(NS(=O)(=O)c2ccccc2)c1C)c1ccc(OC)cc1. The predicted octanol–water partition coefficient (Wildman–Crippen LogP) is 4.69. The van der Waals surface area contributed by atoms with E-state index in [0.29, 0.717) is 23.2 Å². The lowest BCUT2D eigenvalue weighted by Gasteiger charge is -2.19. The maximum Gasteiger partial charge on any atom is 0.261 e. The Labute approximate surface area is 183 Å². The van der Waals surface area contributed by atoms with Crippen molar-refractivity contribution in [3.05, 3.63) is 89.5 Å². The normalized spacial score (nSPS) is 12.1. The van der Waals surface area contributed by atoms with Crippen molar-refractivity contribution in [3.8, 4) is 5.75 Å². The Hall–Kier alpha value is -3.32. The third-order valence-electron chi connectivity index (χ3n) is 5.11. The minimum atomic E-state index is -3.75. The Kier molecular flexibility index (Phi) is 6.97. The van der Waals surface area contributed by atoms with Crippen LogP contribution in [0.5, 0.6) is 5.75 Å². The highest BCUT2D eigenvalue weighted by atomic mass is 32.2. The van der Waals surface area contributed by atoms with Crippen LogP contribution in [0.15, 0.2) is 77.7 Å². The third kappa shape index (κ3) is 5.24. The van der Waals surface area contributed by atoms with E-state index in [0.717, 1.165) is 11.3 Å². The summed E-state index contributed by atoms with van der Waals surface area (Å²) in [6, 6.07) is 20.5. The molecule has 1 amide bonds. The second-order valence-electron chi connectivity index (χ2n) is 7.10. The van der Waals surface area contributed by atoms with Gasteiger partial charge in [0.15, 0.2) is 0 Å². The first kappa shape index (κ1) is 22.4. The van der Waals surface area contributed by atoms with Crippen molar-refractivity contribution in [1.29, 1.82) is 0 Å². The van der Waals surface area contributed by atoms with E-state index in [9.17, 15) is 13.2 Å². The third-order valence-corrected chi connectivity index (χ3v) is 6.49. The number of benzene rings is 3. The summed E-state index contributed by atoms with van der Waals surface area (Å²) >= 11 is 0. The summed E-state index contributed by atoms with van der Waals surface area (Å²) in [5.74, 6) is 0.486. The molecule has 3 aromatic carbocycles. The monoisotopic (exact) mass is 438 g/mol. The van der Waals surface area contributed by atoms with Crippen molar-refractivity contribution < 1.29 is 17.9 Å². The van der Waals surface area contributed by atoms with Gasteiger partial charge in [-0.3, -0.25) is 9.52 Å². The molecule has 7 heteroatoms. The number of carbonyl (C=O) groups excluding carboxylic acids is 1. The van der Waals surface area contributed by atoms with E-state index in [4.69, 9.17) is 4.74 Å². The van der Waals surface area contributed by atoms with Crippen LogP contribution in [0.2, 0.25) is 0 Å². The molecule has 2 N–H and O–H groups in total. The van der Waals surface area contributed by atoms with E-state index in [1.54, 1.807) is 50.4 Å². The summed E-state index contributed by atoms with van der Waals surface area (Å²) in [6.45, 7) is 3.72. The zero-order valence-electron chi connectivity index (χ0n) is 17.8. The molecule has 6 nitrogen and oxygen atoms in total. The summed E-state index contributed by atoms with van der Waals surface area (Å²) in [7, 11) is -2.14. The van der Waals surface area contributed by atoms with Crippen LogP contribution in [0.25, 0.3) is 0 Å². The molecule has 0 aliphatic carbocycles. The number of methoxy groups -OCH3 is 1. The van der Waals surface area contributed by atoms with Crippen molar-refractivity contribution in [2.45, 2.75) is 31.2 Å². The maximum absolute atomic E-state index is 13.0. The molecule has 0 fully saturated rings. The number of anilines is 1. The van der Waals surface area contributed by atoms with Gasteiger partial charge in [0.1, 0.15) is 5.75 Å². The Bertz CT molecular complexity index is 1140. The van der Waals surface area contributed by atoms with Crippen molar-refractivity contribution in [2.75, 3.05) is 11.8 Å².